The normalized spacial score (nSPS) is 24.6. The molecule has 0 bridgehead atoms. The smallest absolute Gasteiger partial charge is 0.272 e. The zero-order valence-electron chi connectivity index (χ0n) is 7.72. The molecule has 0 radical (unpaired) electrons. The van der Waals surface area contributed by atoms with E-state index < -0.39 is 0 Å². The lowest BCUT2D eigenvalue weighted by Gasteiger charge is -2.00. The number of nitrogens with two attached hydrogens (primary N) is 1. The van der Waals surface area contributed by atoms with E-state index in [0.717, 1.165) is 12.0 Å². The van der Waals surface area contributed by atoms with Crippen molar-refractivity contribution in [2.24, 2.45) is 11.7 Å². The van der Waals surface area contributed by atoms with Crippen molar-refractivity contribution in [1.29, 1.82) is 0 Å². The molecule has 1 aromatic rings. The predicted molar refractivity (Wildman–Crippen MR) is 53.0 cm³/mol. The lowest BCUT2D eigenvalue weighted by atomic mass is 10.1. The number of rotatable bonds is 3. The Kier molecular flexibility index (Phi) is 2.21. The van der Waals surface area contributed by atoms with Gasteiger partial charge in [-0.1, -0.05) is 18.2 Å². The van der Waals surface area contributed by atoms with Crippen molar-refractivity contribution in [3.8, 4) is 0 Å². The second kappa shape index (κ2) is 3.38. The average Bonchev–Trinajstić information content (AvgIpc) is 2.96. The molecule has 0 unspecified atom stereocenters. The molecule has 4 nitrogen and oxygen atoms in total. The molecule has 0 amide bonds. The summed E-state index contributed by atoms with van der Waals surface area (Å²) >= 11 is 0. The molecule has 0 saturated heterocycles. The average molecular weight is 192 g/mol. The third kappa shape index (κ3) is 1.48. The monoisotopic (exact) mass is 192 g/mol. The summed E-state index contributed by atoms with van der Waals surface area (Å²) in [7, 11) is 0. The van der Waals surface area contributed by atoms with Gasteiger partial charge in [-0.15, -0.1) is 0 Å². The maximum absolute atomic E-state index is 10.7. The fourth-order valence-corrected chi connectivity index (χ4v) is 1.86. The summed E-state index contributed by atoms with van der Waals surface area (Å²) in [6, 6.07) is 6.93. The van der Waals surface area contributed by atoms with Crippen molar-refractivity contribution in [3.63, 3.8) is 0 Å². The van der Waals surface area contributed by atoms with Crippen LogP contribution in [0, 0.1) is 16.0 Å². The molecule has 2 N–H and O–H groups in total. The first kappa shape index (κ1) is 9.15. The van der Waals surface area contributed by atoms with E-state index in [1.807, 2.05) is 12.1 Å². The second-order valence-corrected chi connectivity index (χ2v) is 3.65. The Hall–Kier alpha value is -1.42. The zero-order chi connectivity index (χ0) is 10.1. The number of nitro groups is 1. The van der Waals surface area contributed by atoms with Gasteiger partial charge in [0.15, 0.2) is 0 Å². The third-order valence-electron chi connectivity index (χ3n) is 2.76. The van der Waals surface area contributed by atoms with Crippen molar-refractivity contribution >= 4 is 5.69 Å². The first-order valence-electron chi connectivity index (χ1n) is 4.67. The number of hydrogen-bond donors (Lipinski definition) is 1. The molecule has 1 aliphatic carbocycles. The van der Waals surface area contributed by atoms with E-state index in [1.165, 1.54) is 0 Å². The topological polar surface area (TPSA) is 69.2 Å². The number of para-hydroxylation sites is 1. The zero-order valence-corrected chi connectivity index (χ0v) is 7.72. The van der Waals surface area contributed by atoms with Crippen molar-refractivity contribution < 1.29 is 4.92 Å². The maximum Gasteiger partial charge on any atom is 0.272 e. The molecule has 0 spiro atoms. The second-order valence-electron chi connectivity index (χ2n) is 3.65. The van der Waals surface area contributed by atoms with E-state index in [-0.39, 0.29) is 10.6 Å². The number of nitro benzene ring substituents is 1. The minimum atomic E-state index is -0.318. The van der Waals surface area contributed by atoms with E-state index in [1.54, 1.807) is 12.1 Å². The largest absolute Gasteiger partial charge is 0.330 e. The van der Waals surface area contributed by atoms with Crippen LogP contribution in [0.25, 0.3) is 0 Å². The summed E-state index contributed by atoms with van der Waals surface area (Å²) < 4.78 is 0. The van der Waals surface area contributed by atoms with Gasteiger partial charge in [0.2, 0.25) is 0 Å². The molecule has 0 aliphatic heterocycles. The minimum Gasteiger partial charge on any atom is -0.330 e. The highest BCUT2D eigenvalue weighted by Gasteiger charge is 2.40. The van der Waals surface area contributed by atoms with Gasteiger partial charge < -0.3 is 5.73 Å². The van der Waals surface area contributed by atoms with Gasteiger partial charge in [-0.3, -0.25) is 10.1 Å². The molecule has 2 atom stereocenters. The summed E-state index contributed by atoms with van der Waals surface area (Å²) in [4.78, 5) is 10.4. The van der Waals surface area contributed by atoms with Crippen LogP contribution in [0.5, 0.6) is 0 Å². The van der Waals surface area contributed by atoms with Crippen LogP contribution in [0.2, 0.25) is 0 Å². The summed E-state index contributed by atoms with van der Waals surface area (Å²) in [5.74, 6) is 0.748. The summed E-state index contributed by atoms with van der Waals surface area (Å²) in [6.45, 7) is 0.622. The van der Waals surface area contributed by atoms with Gasteiger partial charge in [0.25, 0.3) is 5.69 Å². The lowest BCUT2D eigenvalue weighted by molar-refractivity contribution is -0.385. The first-order valence-corrected chi connectivity index (χ1v) is 4.67. The Bertz CT molecular complexity index is 365. The molecule has 1 saturated carbocycles. The Labute approximate surface area is 81.9 Å². The maximum atomic E-state index is 10.7. The SMILES string of the molecule is NC[C@@H]1C[C@H]1c1ccccc1[N+](=O)[O-]. The number of nitrogens with zero attached hydrogens (tertiary/aromatic N) is 1. The number of hydrogen-bond acceptors (Lipinski definition) is 3. The van der Waals surface area contributed by atoms with Crippen LogP contribution in [0.4, 0.5) is 5.69 Å². The highest BCUT2D eigenvalue weighted by molar-refractivity contribution is 5.45. The van der Waals surface area contributed by atoms with Gasteiger partial charge in [-0.25, -0.2) is 0 Å². The Balaban J connectivity index is 2.29. The molecular weight excluding hydrogens is 180 g/mol. The Morgan fingerprint density at radius 1 is 1.50 bits per heavy atom. The summed E-state index contributed by atoms with van der Waals surface area (Å²) in [5.41, 5.74) is 6.59. The van der Waals surface area contributed by atoms with E-state index in [9.17, 15) is 10.1 Å². The van der Waals surface area contributed by atoms with Crippen molar-refractivity contribution in [1.82, 2.24) is 0 Å². The van der Waals surface area contributed by atoms with Crippen molar-refractivity contribution in [2.45, 2.75) is 12.3 Å². The van der Waals surface area contributed by atoms with Crippen LogP contribution >= 0.6 is 0 Å². The Morgan fingerprint density at radius 2 is 2.21 bits per heavy atom. The summed E-state index contributed by atoms with van der Waals surface area (Å²) in [6.07, 6.45) is 0.987. The molecule has 1 aromatic carbocycles. The fraction of sp³-hybridized carbons (Fsp3) is 0.400. The molecule has 14 heavy (non-hydrogen) atoms. The van der Waals surface area contributed by atoms with E-state index in [2.05, 4.69) is 0 Å². The Morgan fingerprint density at radius 3 is 2.79 bits per heavy atom. The van der Waals surface area contributed by atoms with Gasteiger partial charge >= 0.3 is 0 Å². The van der Waals surface area contributed by atoms with Crippen LogP contribution in [0.1, 0.15) is 17.9 Å². The molecule has 1 fully saturated rings. The van der Waals surface area contributed by atoms with Crippen LogP contribution < -0.4 is 5.73 Å². The molecular formula is C10H12N2O2. The summed E-state index contributed by atoms with van der Waals surface area (Å²) in [5, 5.41) is 10.7. The van der Waals surface area contributed by atoms with Crippen LogP contribution in [0.15, 0.2) is 24.3 Å². The van der Waals surface area contributed by atoms with Crippen LogP contribution in [0.3, 0.4) is 0 Å². The van der Waals surface area contributed by atoms with Gasteiger partial charge in [0, 0.05) is 11.6 Å². The van der Waals surface area contributed by atoms with Crippen molar-refractivity contribution in [3.05, 3.63) is 39.9 Å². The number of benzene rings is 1. The highest BCUT2D eigenvalue weighted by atomic mass is 16.6. The predicted octanol–water partition coefficient (Wildman–Crippen LogP) is 1.66. The van der Waals surface area contributed by atoms with Crippen molar-refractivity contribution in [2.75, 3.05) is 6.54 Å². The molecule has 4 heteroatoms. The van der Waals surface area contributed by atoms with Gasteiger partial charge in [0.05, 0.1) is 4.92 Å². The van der Waals surface area contributed by atoms with Gasteiger partial charge in [-0.2, -0.15) is 0 Å². The molecule has 0 heterocycles. The minimum absolute atomic E-state index is 0.230. The molecule has 0 aromatic heterocycles. The van der Waals surface area contributed by atoms with E-state index in [4.69, 9.17) is 5.73 Å². The lowest BCUT2D eigenvalue weighted by Crippen LogP contribution is -2.03. The first-order chi connectivity index (χ1) is 6.74. The molecule has 74 valence electrons. The van der Waals surface area contributed by atoms with Gasteiger partial charge in [-0.05, 0) is 24.8 Å². The molecule has 1 aliphatic rings. The molecule has 2 rings (SSSR count). The third-order valence-corrected chi connectivity index (χ3v) is 2.76. The standard InChI is InChI=1S/C10H12N2O2/c11-6-7-5-9(7)8-3-1-2-4-10(8)12(13)14/h1-4,7,9H,5-6,11H2/t7-,9+/m0/s1. The van der Waals surface area contributed by atoms with E-state index in [0.29, 0.717) is 18.4 Å². The van der Waals surface area contributed by atoms with Gasteiger partial charge in [0.1, 0.15) is 0 Å². The van der Waals surface area contributed by atoms with Crippen LogP contribution in [-0.2, 0) is 0 Å². The van der Waals surface area contributed by atoms with E-state index >= 15 is 0 Å². The highest BCUT2D eigenvalue weighted by Crippen LogP contribution is 2.49. The quantitative estimate of drug-likeness (QED) is 0.584. The van der Waals surface area contributed by atoms with Crippen LogP contribution in [-0.4, -0.2) is 11.5 Å². The fourth-order valence-electron chi connectivity index (χ4n) is 1.86.